The van der Waals surface area contributed by atoms with E-state index in [1.807, 2.05) is 4.90 Å². The average Bonchev–Trinajstić information content (AvgIpc) is 3.17. The Bertz CT molecular complexity index is 1270. The first kappa shape index (κ1) is 26.2. The van der Waals surface area contributed by atoms with Crippen LogP contribution in [-0.4, -0.2) is 27.3 Å². The number of nitro groups is 1. The number of anilines is 1. The van der Waals surface area contributed by atoms with Crippen LogP contribution in [0.1, 0.15) is 21.5 Å². The van der Waals surface area contributed by atoms with Crippen molar-refractivity contribution in [2.45, 2.75) is 13.1 Å². The van der Waals surface area contributed by atoms with Crippen molar-refractivity contribution in [1.82, 2.24) is 4.98 Å². The Kier molecular flexibility index (Phi) is 7.80. The monoisotopic (exact) mass is 528 g/mol. The van der Waals surface area contributed by atoms with Gasteiger partial charge in [0.1, 0.15) is 42.6 Å². The number of fused-ring (bicyclic) bond motifs is 1. The van der Waals surface area contributed by atoms with Crippen LogP contribution >= 0.6 is 11.6 Å². The molecule has 0 radical (unpaired) electrons. The number of rotatable bonds is 5. The van der Waals surface area contributed by atoms with Gasteiger partial charge in [-0.25, -0.2) is 37.5 Å². The van der Waals surface area contributed by atoms with Crippen LogP contribution in [0.15, 0.2) is 48.8 Å². The highest BCUT2D eigenvalue weighted by Gasteiger charge is 2.38. The number of hydrogen-bond donors (Lipinski definition) is 1. The van der Waals surface area contributed by atoms with Crippen LogP contribution in [0.2, 0.25) is 5.15 Å². The molecule has 0 spiro atoms. The number of phenols is 1. The quantitative estimate of drug-likeness (QED) is 0.131. The third-order valence-corrected chi connectivity index (χ3v) is 5.05. The molecule has 0 saturated heterocycles. The molecule has 184 valence electrons. The first-order valence-electron chi connectivity index (χ1n) is 9.55. The van der Waals surface area contributed by atoms with Gasteiger partial charge in [-0.3, -0.25) is 14.9 Å². The van der Waals surface area contributed by atoms with Gasteiger partial charge in [0.15, 0.2) is 0 Å². The van der Waals surface area contributed by atoms with Gasteiger partial charge in [-0.15, -0.1) is 10.2 Å². The van der Waals surface area contributed by atoms with E-state index < -0.39 is 32.5 Å². The molecule has 1 aromatic carbocycles. The van der Waals surface area contributed by atoms with Crippen LogP contribution in [0, 0.1) is 26.2 Å². The van der Waals surface area contributed by atoms with Crippen LogP contribution in [0.3, 0.4) is 0 Å². The second-order valence-electron chi connectivity index (χ2n) is 7.17. The Morgan fingerprint density at radius 2 is 1.91 bits per heavy atom. The molecule has 0 fully saturated rings. The summed E-state index contributed by atoms with van der Waals surface area (Å²) < 4.78 is 49.1. The molecule has 0 bridgehead atoms. The second-order valence-corrected chi connectivity index (χ2v) is 8.31. The van der Waals surface area contributed by atoms with Crippen LogP contribution in [0.4, 0.5) is 15.9 Å². The Labute approximate surface area is 203 Å². The van der Waals surface area contributed by atoms with Crippen molar-refractivity contribution in [1.29, 1.82) is 0 Å². The predicted molar refractivity (Wildman–Crippen MR) is 105 cm³/mol. The molecule has 3 aromatic rings. The zero-order valence-corrected chi connectivity index (χ0v) is 19.0. The SMILES string of the molecule is O=C(c1cc([N+](=O)[O-])c2[n+](c1)CCN2Cc1ccc(Cl)nc1)c1cc(F)ccc1O.[O-][Cl+3]([O-])([O-])[O-]. The standard InChI is InChI=1S/C20H14ClFN4O4.ClHO4/c21-18-4-1-12(9-23-18)10-24-5-6-25-11-13(7-16(20(24)25)26(29)30)19(28)15-8-14(22)2-3-17(15)27;2-1(3,4)5/h1-4,7-9,11H,5-6,10H2;(H,2,3,4,5). The van der Waals surface area contributed by atoms with E-state index in [1.54, 1.807) is 22.9 Å². The number of halogens is 3. The first-order chi connectivity index (χ1) is 16.3. The van der Waals surface area contributed by atoms with Crippen LogP contribution in [-0.2, 0) is 13.1 Å². The molecule has 35 heavy (non-hydrogen) atoms. The van der Waals surface area contributed by atoms with Gasteiger partial charge in [0.2, 0.25) is 5.78 Å². The largest absolute Gasteiger partial charge is 0.507 e. The maximum atomic E-state index is 13.5. The van der Waals surface area contributed by atoms with E-state index in [-0.39, 0.29) is 16.8 Å². The third kappa shape index (κ3) is 6.79. The molecule has 1 aliphatic rings. The number of nitrogens with zero attached hydrogens (tertiary/aromatic N) is 4. The summed E-state index contributed by atoms with van der Waals surface area (Å²) in [5, 5.41) is 22.0. The lowest BCUT2D eigenvalue weighted by atomic mass is 10.0. The van der Waals surface area contributed by atoms with Crippen molar-refractivity contribution in [2.24, 2.45) is 0 Å². The van der Waals surface area contributed by atoms with E-state index in [0.717, 1.165) is 29.8 Å². The zero-order valence-electron chi connectivity index (χ0n) is 17.5. The molecule has 0 atom stereocenters. The van der Waals surface area contributed by atoms with Crippen LogP contribution < -0.4 is 28.1 Å². The average molecular weight is 529 g/mol. The molecule has 0 amide bonds. The number of carbonyl (C=O) groups is 1. The van der Waals surface area contributed by atoms with Crippen LogP contribution in [0.25, 0.3) is 0 Å². The number of ketones is 1. The van der Waals surface area contributed by atoms with Gasteiger partial charge in [-0.2, -0.15) is 0 Å². The van der Waals surface area contributed by atoms with Gasteiger partial charge in [0.05, 0.1) is 16.1 Å². The number of benzene rings is 1. The van der Waals surface area contributed by atoms with Crippen LogP contribution in [0.5, 0.6) is 5.75 Å². The van der Waals surface area contributed by atoms with E-state index in [0.29, 0.717) is 30.6 Å². The highest BCUT2D eigenvalue weighted by Crippen LogP contribution is 2.31. The minimum atomic E-state index is -4.94. The fraction of sp³-hybridized carbons (Fsp3) is 0.150. The van der Waals surface area contributed by atoms with Crippen molar-refractivity contribution in [3.05, 3.63) is 86.6 Å². The smallest absolute Gasteiger partial charge is 0.358 e. The Hall–Kier alpha value is -3.46. The summed E-state index contributed by atoms with van der Waals surface area (Å²) >= 11 is 5.80. The lowest BCUT2D eigenvalue weighted by Crippen LogP contribution is -2.68. The molecule has 0 saturated carbocycles. The van der Waals surface area contributed by atoms with Gasteiger partial charge < -0.3 is 5.11 Å². The Morgan fingerprint density at radius 1 is 1.23 bits per heavy atom. The molecular weight excluding hydrogens is 514 g/mol. The third-order valence-electron chi connectivity index (χ3n) is 4.82. The summed E-state index contributed by atoms with van der Waals surface area (Å²) in [6, 6.07) is 7.57. The lowest BCUT2D eigenvalue weighted by Gasteiger charge is -2.17. The first-order valence-corrected chi connectivity index (χ1v) is 11.2. The van der Waals surface area contributed by atoms with E-state index in [4.69, 9.17) is 30.2 Å². The fourth-order valence-electron chi connectivity index (χ4n) is 3.45. The molecule has 15 heteroatoms. The summed E-state index contributed by atoms with van der Waals surface area (Å²) in [6.07, 6.45) is 3.08. The van der Waals surface area contributed by atoms with E-state index >= 15 is 0 Å². The van der Waals surface area contributed by atoms with Crippen molar-refractivity contribution in [3.63, 3.8) is 0 Å². The number of aromatic nitrogens is 2. The molecule has 12 nitrogen and oxygen atoms in total. The molecular formula is C20H15Cl2FN4O8. The molecule has 1 aliphatic heterocycles. The lowest BCUT2D eigenvalue weighted by molar-refractivity contribution is -2.00. The van der Waals surface area contributed by atoms with Gasteiger partial charge in [-0.1, -0.05) is 17.7 Å². The van der Waals surface area contributed by atoms with Crippen molar-refractivity contribution in [3.8, 4) is 5.75 Å². The van der Waals surface area contributed by atoms with Gasteiger partial charge in [0.25, 0.3) is 0 Å². The zero-order chi connectivity index (χ0) is 25.9. The summed E-state index contributed by atoms with van der Waals surface area (Å²) in [4.78, 5) is 29.8. The number of aromatic hydroxyl groups is 1. The van der Waals surface area contributed by atoms with E-state index in [1.165, 1.54) is 6.20 Å². The van der Waals surface area contributed by atoms with Gasteiger partial charge >= 0.3 is 11.5 Å². The molecule has 0 unspecified atom stereocenters. The highest BCUT2D eigenvalue weighted by molar-refractivity contribution is 6.29. The fourth-order valence-corrected chi connectivity index (χ4v) is 3.56. The number of hydrogen-bond acceptors (Lipinski definition) is 10. The summed E-state index contributed by atoms with van der Waals surface area (Å²) in [5.74, 6) is -1.44. The minimum absolute atomic E-state index is 0.0126. The summed E-state index contributed by atoms with van der Waals surface area (Å²) in [6.45, 7) is 1.29. The van der Waals surface area contributed by atoms with Crippen molar-refractivity contribution < 1.29 is 52.7 Å². The topological polar surface area (TPSA) is 193 Å². The van der Waals surface area contributed by atoms with Gasteiger partial charge in [-0.05, 0) is 24.3 Å². The molecule has 0 aliphatic carbocycles. The summed E-state index contributed by atoms with van der Waals surface area (Å²) in [7, 11) is -4.94. The normalized spacial score (nSPS) is 12.6. The molecule has 3 heterocycles. The molecule has 1 N–H and O–H groups in total. The maximum absolute atomic E-state index is 13.5. The summed E-state index contributed by atoms with van der Waals surface area (Å²) in [5.41, 5.74) is 0.302. The Balaban J connectivity index is 0.000000623. The number of carbonyl (C=O) groups excluding carboxylic acids is 1. The molecule has 2 aromatic heterocycles. The second kappa shape index (κ2) is 10.4. The van der Waals surface area contributed by atoms with Crippen molar-refractivity contribution >= 4 is 28.9 Å². The van der Waals surface area contributed by atoms with Crippen molar-refractivity contribution in [2.75, 3.05) is 11.4 Å². The molecule has 4 rings (SSSR count). The highest BCUT2D eigenvalue weighted by atomic mass is 35.7. The van der Waals surface area contributed by atoms with Gasteiger partial charge in [0, 0.05) is 17.8 Å². The van der Waals surface area contributed by atoms with E-state index in [2.05, 4.69) is 4.98 Å². The number of phenolic OH excluding ortho intramolecular Hbond substituents is 1. The Morgan fingerprint density at radius 3 is 2.51 bits per heavy atom. The van der Waals surface area contributed by atoms with E-state index in [9.17, 15) is 24.4 Å². The maximum Gasteiger partial charge on any atom is 0.358 e. The predicted octanol–water partition coefficient (Wildman–Crippen LogP) is -1.73. The number of pyridine rings is 2. The minimum Gasteiger partial charge on any atom is -0.507 e.